The highest BCUT2D eigenvalue weighted by molar-refractivity contribution is 5.96. The van der Waals surface area contributed by atoms with Crippen molar-refractivity contribution in [3.05, 3.63) is 52.6 Å². The molecule has 3 rings (SSSR count). The van der Waals surface area contributed by atoms with E-state index in [1.54, 1.807) is 7.11 Å². The van der Waals surface area contributed by atoms with Gasteiger partial charge in [-0.3, -0.25) is 4.79 Å². The number of ether oxygens (including phenoxy) is 1. The van der Waals surface area contributed by atoms with Crippen LogP contribution in [0, 0.1) is 13.8 Å². The van der Waals surface area contributed by atoms with Crippen LogP contribution in [0.4, 0.5) is 0 Å². The van der Waals surface area contributed by atoms with Crippen molar-refractivity contribution in [1.29, 1.82) is 0 Å². The highest BCUT2D eigenvalue weighted by atomic mass is 16.5. The molecule has 0 amide bonds. The topological polar surface area (TPSA) is 35.1 Å². The number of Topliss-reactive ketones (excluding diaryl/α,β-unsaturated/α-hetero) is 1. The molecule has 0 unspecified atom stereocenters. The summed E-state index contributed by atoms with van der Waals surface area (Å²) in [5.74, 6) is 0.174. The average Bonchev–Trinajstić information content (AvgIpc) is 2.87. The van der Waals surface area contributed by atoms with E-state index in [0.717, 1.165) is 29.9 Å². The maximum atomic E-state index is 12.8. The number of aryl methyl sites for hydroxylation is 3. The van der Waals surface area contributed by atoms with Gasteiger partial charge in [-0.1, -0.05) is 0 Å². The van der Waals surface area contributed by atoms with Gasteiger partial charge in [0.15, 0.2) is 12.4 Å². The summed E-state index contributed by atoms with van der Waals surface area (Å²) in [6, 6.07) is 4.19. The average molecular weight is 327 g/mol. The lowest BCUT2D eigenvalue weighted by molar-refractivity contribution is -0.683. The van der Waals surface area contributed by atoms with Gasteiger partial charge in [0.25, 0.3) is 0 Å². The SMILES string of the molecule is COCCn1c(C)cc(C(=O)C[n+]2ccc3c(c2)CCCC3)c1C. The van der Waals surface area contributed by atoms with E-state index < -0.39 is 0 Å². The van der Waals surface area contributed by atoms with Crippen molar-refractivity contribution >= 4 is 5.78 Å². The molecule has 4 nitrogen and oxygen atoms in total. The molecule has 0 aromatic carbocycles. The molecule has 2 aromatic rings. The molecule has 0 fully saturated rings. The molecule has 1 aliphatic carbocycles. The molecular formula is C20H27N2O2+. The van der Waals surface area contributed by atoms with Crippen molar-refractivity contribution in [2.24, 2.45) is 0 Å². The van der Waals surface area contributed by atoms with Crippen LogP contribution in [-0.4, -0.2) is 24.1 Å². The van der Waals surface area contributed by atoms with E-state index in [1.807, 2.05) is 30.7 Å². The number of carbonyl (C=O) groups is 1. The second-order valence-electron chi connectivity index (χ2n) is 6.73. The van der Waals surface area contributed by atoms with E-state index >= 15 is 0 Å². The van der Waals surface area contributed by atoms with Gasteiger partial charge in [0, 0.05) is 42.2 Å². The molecule has 24 heavy (non-hydrogen) atoms. The van der Waals surface area contributed by atoms with E-state index in [4.69, 9.17) is 4.74 Å². The number of ketones is 1. The number of aromatic nitrogens is 2. The molecular weight excluding hydrogens is 300 g/mol. The molecule has 0 atom stereocenters. The minimum atomic E-state index is 0.174. The molecule has 128 valence electrons. The van der Waals surface area contributed by atoms with Crippen LogP contribution in [0.2, 0.25) is 0 Å². The summed E-state index contributed by atoms with van der Waals surface area (Å²) in [7, 11) is 1.70. The molecule has 0 saturated heterocycles. The number of methoxy groups -OCH3 is 1. The Labute approximate surface area is 144 Å². The van der Waals surface area contributed by atoms with Gasteiger partial charge in [-0.2, -0.15) is 4.57 Å². The lowest BCUT2D eigenvalue weighted by Crippen LogP contribution is -2.38. The summed E-state index contributed by atoms with van der Waals surface area (Å²) >= 11 is 0. The lowest BCUT2D eigenvalue weighted by Gasteiger charge is -2.13. The van der Waals surface area contributed by atoms with E-state index in [-0.39, 0.29) is 5.78 Å². The van der Waals surface area contributed by atoms with Gasteiger partial charge in [0.2, 0.25) is 12.3 Å². The van der Waals surface area contributed by atoms with Crippen LogP contribution in [0.25, 0.3) is 0 Å². The van der Waals surface area contributed by atoms with E-state index in [9.17, 15) is 4.79 Å². The number of fused-ring (bicyclic) bond motifs is 1. The summed E-state index contributed by atoms with van der Waals surface area (Å²) < 4.78 is 9.36. The van der Waals surface area contributed by atoms with Crippen LogP contribution in [-0.2, 0) is 30.7 Å². The summed E-state index contributed by atoms with van der Waals surface area (Å²) in [4.78, 5) is 12.8. The maximum absolute atomic E-state index is 12.8. The summed E-state index contributed by atoms with van der Waals surface area (Å²) in [5.41, 5.74) is 5.83. The normalized spacial score (nSPS) is 13.8. The quantitative estimate of drug-likeness (QED) is 0.604. The first-order chi connectivity index (χ1) is 11.6. The van der Waals surface area contributed by atoms with Crippen molar-refractivity contribution in [3.63, 3.8) is 0 Å². The van der Waals surface area contributed by atoms with Gasteiger partial charge in [-0.15, -0.1) is 0 Å². The number of nitrogens with zero attached hydrogens (tertiary/aromatic N) is 2. The lowest BCUT2D eigenvalue weighted by atomic mass is 9.93. The first-order valence-corrected chi connectivity index (χ1v) is 8.80. The molecule has 0 N–H and O–H groups in total. The van der Waals surface area contributed by atoms with E-state index in [0.29, 0.717) is 13.2 Å². The molecule has 1 aliphatic rings. The highest BCUT2D eigenvalue weighted by Gasteiger charge is 2.20. The Balaban J connectivity index is 1.78. The zero-order valence-electron chi connectivity index (χ0n) is 15.0. The Bertz CT molecular complexity index is 746. The fraction of sp³-hybridized carbons (Fsp3) is 0.500. The zero-order chi connectivity index (χ0) is 17.1. The van der Waals surface area contributed by atoms with Crippen LogP contribution in [0.5, 0.6) is 0 Å². The Morgan fingerprint density at radius 1 is 1.25 bits per heavy atom. The second-order valence-corrected chi connectivity index (χ2v) is 6.73. The Morgan fingerprint density at radius 3 is 2.75 bits per heavy atom. The first kappa shape index (κ1) is 16.9. The molecule has 0 aliphatic heterocycles. The van der Waals surface area contributed by atoms with E-state index in [1.165, 1.54) is 30.4 Å². The Hall–Kier alpha value is -1.94. The largest absolute Gasteiger partial charge is 0.383 e. The third-order valence-corrected chi connectivity index (χ3v) is 5.06. The summed E-state index contributed by atoms with van der Waals surface area (Å²) in [6.07, 6.45) is 9.05. The predicted molar refractivity (Wildman–Crippen MR) is 93.4 cm³/mol. The van der Waals surface area contributed by atoms with Crippen LogP contribution >= 0.6 is 0 Å². The Kier molecular flexibility index (Phi) is 5.14. The van der Waals surface area contributed by atoms with Gasteiger partial charge in [0.1, 0.15) is 0 Å². The standard InChI is InChI=1S/C20H27N2O2/c1-15-12-19(16(2)22(15)10-11-24-3)20(23)14-21-9-8-17-6-4-5-7-18(17)13-21/h8-9,12-13H,4-7,10-11,14H2,1-3H3/q+1. The third-order valence-electron chi connectivity index (χ3n) is 5.06. The summed E-state index contributed by atoms with van der Waals surface area (Å²) in [5, 5.41) is 0. The summed E-state index contributed by atoms with van der Waals surface area (Å²) in [6.45, 7) is 5.91. The van der Waals surface area contributed by atoms with Gasteiger partial charge in [-0.25, -0.2) is 0 Å². The van der Waals surface area contributed by atoms with Gasteiger partial charge >= 0.3 is 0 Å². The number of hydrogen-bond donors (Lipinski definition) is 0. The van der Waals surface area contributed by atoms with Crippen LogP contribution in [0.3, 0.4) is 0 Å². The van der Waals surface area contributed by atoms with Crippen molar-refractivity contribution in [3.8, 4) is 0 Å². The minimum absolute atomic E-state index is 0.174. The maximum Gasteiger partial charge on any atom is 0.229 e. The Morgan fingerprint density at radius 2 is 2.00 bits per heavy atom. The molecule has 0 saturated carbocycles. The monoisotopic (exact) mass is 327 g/mol. The first-order valence-electron chi connectivity index (χ1n) is 8.80. The zero-order valence-corrected chi connectivity index (χ0v) is 15.0. The van der Waals surface area contributed by atoms with Crippen molar-refractivity contribution < 1.29 is 14.1 Å². The fourth-order valence-corrected chi connectivity index (χ4v) is 3.68. The van der Waals surface area contributed by atoms with Crippen LogP contribution in [0.15, 0.2) is 24.5 Å². The van der Waals surface area contributed by atoms with Gasteiger partial charge < -0.3 is 9.30 Å². The molecule has 0 bridgehead atoms. The molecule has 2 heterocycles. The van der Waals surface area contributed by atoms with E-state index in [2.05, 4.69) is 16.8 Å². The molecule has 0 spiro atoms. The smallest absolute Gasteiger partial charge is 0.229 e. The third kappa shape index (κ3) is 3.44. The van der Waals surface area contributed by atoms with Crippen molar-refractivity contribution in [2.75, 3.05) is 13.7 Å². The van der Waals surface area contributed by atoms with Gasteiger partial charge in [0.05, 0.1) is 6.61 Å². The molecule has 2 aromatic heterocycles. The number of carbonyl (C=O) groups excluding carboxylic acids is 1. The van der Waals surface area contributed by atoms with Crippen LogP contribution in [0.1, 0.15) is 45.7 Å². The number of hydrogen-bond acceptors (Lipinski definition) is 2. The second kappa shape index (κ2) is 7.31. The molecule has 4 heteroatoms. The van der Waals surface area contributed by atoms with Crippen LogP contribution < -0.4 is 4.57 Å². The number of pyridine rings is 1. The fourth-order valence-electron chi connectivity index (χ4n) is 3.68. The van der Waals surface area contributed by atoms with Crippen molar-refractivity contribution in [1.82, 2.24) is 4.57 Å². The predicted octanol–water partition coefficient (Wildman–Crippen LogP) is 2.80. The molecule has 0 radical (unpaired) electrons. The number of rotatable bonds is 6. The minimum Gasteiger partial charge on any atom is -0.383 e. The van der Waals surface area contributed by atoms with Crippen molar-refractivity contribution in [2.45, 2.75) is 52.6 Å². The highest BCUT2D eigenvalue weighted by Crippen LogP contribution is 2.19. The van der Waals surface area contributed by atoms with Gasteiger partial charge in [-0.05, 0) is 51.2 Å².